The summed E-state index contributed by atoms with van der Waals surface area (Å²) in [4.78, 5) is 19.7. The Kier molecular flexibility index (Phi) is 5.18. The van der Waals surface area contributed by atoms with Gasteiger partial charge in [-0.25, -0.2) is 13.4 Å². The van der Waals surface area contributed by atoms with Crippen LogP contribution in [0.1, 0.15) is 12.6 Å². The van der Waals surface area contributed by atoms with Crippen LogP contribution in [0.2, 0.25) is 0 Å². The third kappa shape index (κ3) is 4.08. The number of sulfonamides is 1. The highest BCUT2D eigenvalue weighted by atomic mass is 32.2. The van der Waals surface area contributed by atoms with E-state index in [0.29, 0.717) is 17.2 Å². The van der Waals surface area contributed by atoms with Crippen molar-refractivity contribution in [3.05, 3.63) is 36.3 Å². The van der Waals surface area contributed by atoms with E-state index in [0.717, 1.165) is 17.4 Å². The zero-order chi connectivity index (χ0) is 17.9. The van der Waals surface area contributed by atoms with E-state index >= 15 is 0 Å². The van der Waals surface area contributed by atoms with Crippen LogP contribution in [0.3, 0.4) is 0 Å². The first kappa shape index (κ1) is 17.9. The van der Waals surface area contributed by atoms with Crippen molar-refractivity contribution in [2.45, 2.75) is 13.3 Å². The molecule has 128 valence electrons. The monoisotopic (exact) mass is 348 g/mol. The number of rotatable bonds is 6. The Morgan fingerprint density at radius 1 is 1.25 bits per heavy atom. The lowest BCUT2D eigenvalue weighted by molar-refractivity contribution is -0.116. The van der Waals surface area contributed by atoms with Gasteiger partial charge in [0.1, 0.15) is 11.6 Å². The summed E-state index contributed by atoms with van der Waals surface area (Å²) in [5, 5.41) is 2.89. The minimum Gasteiger partial charge on any atom is -0.371 e. The van der Waals surface area contributed by atoms with Crippen LogP contribution in [0.25, 0.3) is 11.1 Å². The molecule has 0 aliphatic carbocycles. The molecule has 24 heavy (non-hydrogen) atoms. The molecule has 0 atom stereocenters. The Bertz CT molecular complexity index is 865. The first-order valence-electron chi connectivity index (χ1n) is 7.29. The van der Waals surface area contributed by atoms with Crippen molar-refractivity contribution in [1.82, 2.24) is 9.97 Å². The summed E-state index contributed by atoms with van der Waals surface area (Å²) in [6.45, 7) is 1.51. The van der Waals surface area contributed by atoms with Crippen LogP contribution < -0.4 is 9.62 Å². The fraction of sp³-hybridized carbons (Fsp3) is 0.312. The summed E-state index contributed by atoms with van der Waals surface area (Å²) < 4.78 is 24.9. The second-order valence-electron chi connectivity index (χ2n) is 5.49. The highest BCUT2D eigenvalue weighted by molar-refractivity contribution is 7.92. The quantitative estimate of drug-likeness (QED) is 0.854. The molecule has 2 aromatic rings. The Morgan fingerprint density at radius 3 is 2.54 bits per heavy atom. The van der Waals surface area contributed by atoms with E-state index < -0.39 is 10.0 Å². The summed E-state index contributed by atoms with van der Waals surface area (Å²) >= 11 is 0. The lowest BCUT2D eigenvalue weighted by Crippen LogP contribution is -2.26. The molecule has 8 heteroatoms. The molecule has 0 bridgehead atoms. The number of ketones is 1. The zero-order valence-electron chi connectivity index (χ0n) is 14.1. The summed E-state index contributed by atoms with van der Waals surface area (Å²) in [7, 11) is -0.259. The molecule has 0 saturated heterocycles. The highest BCUT2D eigenvalue weighted by Crippen LogP contribution is 2.30. The second kappa shape index (κ2) is 6.96. The first-order valence-corrected chi connectivity index (χ1v) is 9.13. The Balaban J connectivity index is 2.51. The van der Waals surface area contributed by atoms with Crippen molar-refractivity contribution < 1.29 is 13.2 Å². The van der Waals surface area contributed by atoms with Crippen molar-refractivity contribution in [2.24, 2.45) is 0 Å². The number of carbonyl (C=O) groups is 1. The van der Waals surface area contributed by atoms with E-state index in [1.54, 1.807) is 31.6 Å². The fourth-order valence-electron chi connectivity index (χ4n) is 2.23. The van der Waals surface area contributed by atoms with Gasteiger partial charge in [-0.05, 0) is 30.7 Å². The molecule has 0 aromatic carbocycles. The van der Waals surface area contributed by atoms with E-state index in [4.69, 9.17) is 0 Å². The SMILES string of the molecule is CNc1ncc(-c2ccnc(CC(C)=O)c2)cc1N(C)S(C)(=O)=O. The van der Waals surface area contributed by atoms with Crippen molar-refractivity contribution in [3.8, 4) is 11.1 Å². The number of nitrogens with zero attached hydrogens (tertiary/aromatic N) is 3. The normalized spacial score (nSPS) is 11.2. The van der Waals surface area contributed by atoms with Crippen LogP contribution in [-0.2, 0) is 21.2 Å². The number of nitrogens with one attached hydrogen (secondary N) is 1. The minimum absolute atomic E-state index is 0.0285. The molecule has 0 aliphatic heterocycles. The molecule has 0 amide bonds. The lowest BCUT2D eigenvalue weighted by atomic mass is 10.1. The summed E-state index contributed by atoms with van der Waals surface area (Å²) in [6.07, 6.45) is 4.67. The third-order valence-corrected chi connectivity index (χ3v) is 4.71. The Labute approximate surface area is 141 Å². The van der Waals surface area contributed by atoms with Crippen molar-refractivity contribution >= 4 is 27.3 Å². The van der Waals surface area contributed by atoms with Gasteiger partial charge in [0.2, 0.25) is 10.0 Å². The Morgan fingerprint density at radius 2 is 1.96 bits per heavy atom. The first-order chi connectivity index (χ1) is 11.2. The van der Waals surface area contributed by atoms with E-state index in [-0.39, 0.29) is 12.2 Å². The van der Waals surface area contributed by atoms with Crippen LogP contribution in [0, 0.1) is 0 Å². The maximum atomic E-state index is 11.8. The van der Waals surface area contributed by atoms with Gasteiger partial charge in [-0.3, -0.25) is 14.1 Å². The van der Waals surface area contributed by atoms with Gasteiger partial charge in [0.25, 0.3) is 0 Å². The number of hydrogen-bond donors (Lipinski definition) is 1. The largest absolute Gasteiger partial charge is 0.371 e. The van der Waals surface area contributed by atoms with Gasteiger partial charge in [0, 0.05) is 44.2 Å². The molecular formula is C16H20N4O3S. The highest BCUT2D eigenvalue weighted by Gasteiger charge is 2.17. The second-order valence-corrected chi connectivity index (χ2v) is 7.50. The average Bonchev–Trinajstić information content (AvgIpc) is 2.52. The maximum absolute atomic E-state index is 11.8. The summed E-state index contributed by atoms with van der Waals surface area (Å²) in [5.74, 6) is 0.491. The van der Waals surface area contributed by atoms with Gasteiger partial charge in [-0.2, -0.15) is 0 Å². The van der Waals surface area contributed by atoms with Crippen LogP contribution in [-0.4, -0.2) is 44.5 Å². The zero-order valence-corrected chi connectivity index (χ0v) is 14.9. The van der Waals surface area contributed by atoms with Crippen molar-refractivity contribution in [3.63, 3.8) is 0 Å². The molecule has 0 aliphatic rings. The maximum Gasteiger partial charge on any atom is 0.232 e. The fourth-order valence-corrected chi connectivity index (χ4v) is 2.73. The third-order valence-electron chi connectivity index (χ3n) is 3.52. The predicted octanol–water partition coefficient (Wildman–Crippen LogP) is 1.71. The Hall–Kier alpha value is -2.48. The molecule has 2 rings (SSSR count). The van der Waals surface area contributed by atoms with Crippen molar-refractivity contribution in [1.29, 1.82) is 0 Å². The molecular weight excluding hydrogens is 328 g/mol. The number of Topliss-reactive ketones (excluding diaryl/α,β-unsaturated/α-hetero) is 1. The smallest absolute Gasteiger partial charge is 0.232 e. The molecule has 0 unspecified atom stereocenters. The average molecular weight is 348 g/mol. The minimum atomic E-state index is -3.42. The number of pyridine rings is 2. The number of aromatic nitrogens is 2. The predicted molar refractivity (Wildman–Crippen MR) is 94.6 cm³/mol. The molecule has 1 N–H and O–H groups in total. The van der Waals surface area contributed by atoms with Gasteiger partial charge >= 0.3 is 0 Å². The molecule has 2 aromatic heterocycles. The van der Waals surface area contributed by atoms with E-state index in [2.05, 4.69) is 15.3 Å². The van der Waals surface area contributed by atoms with Crippen LogP contribution in [0.15, 0.2) is 30.6 Å². The molecule has 2 heterocycles. The lowest BCUT2D eigenvalue weighted by Gasteiger charge is -2.20. The van der Waals surface area contributed by atoms with Gasteiger partial charge in [-0.15, -0.1) is 0 Å². The molecule has 0 radical (unpaired) electrons. The van der Waals surface area contributed by atoms with Crippen LogP contribution >= 0.6 is 0 Å². The topological polar surface area (TPSA) is 92.3 Å². The van der Waals surface area contributed by atoms with Gasteiger partial charge in [-0.1, -0.05) is 0 Å². The summed E-state index contributed by atoms with van der Waals surface area (Å²) in [6, 6.07) is 5.35. The number of hydrogen-bond acceptors (Lipinski definition) is 6. The van der Waals surface area contributed by atoms with E-state index in [9.17, 15) is 13.2 Å². The van der Waals surface area contributed by atoms with E-state index in [1.807, 2.05) is 6.07 Å². The standard InChI is InChI=1S/C16H20N4O3S/c1-11(21)7-14-8-12(5-6-18-14)13-9-15(16(17-2)19-10-13)20(3)24(4,22)23/h5-6,8-10H,7H2,1-4H3,(H,17,19). The van der Waals surface area contributed by atoms with Gasteiger partial charge < -0.3 is 5.32 Å². The number of carbonyl (C=O) groups excluding carboxylic acids is 1. The van der Waals surface area contributed by atoms with Crippen LogP contribution in [0.5, 0.6) is 0 Å². The molecule has 0 fully saturated rings. The molecule has 0 spiro atoms. The van der Waals surface area contributed by atoms with E-state index in [1.165, 1.54) is 18.3 Å². The summed E-state index contributed by atoms with van der Waals surface area (Å²) in [5.41, 5.74) is 2.67. The van der Waals surface area contributed by atoms with Crippen LogP contribution in [0.4, 0.5) is 11.5 Å². The van der Waals surface area contributed by atoms with Gasteiger partial charge in [0.15, 0.2) is 0 Å². The number of anilines is 2. The molecule has 7 nitrogen and oxygen atoms in total. The van der Waals surface area contributed by atoms with Gasteiger partial charge in [0.05, 0.1) is 11.9 Å². The molecule has 0 saturated carbocycles. The van der Waals surface area contributed by atoms with Crippen molar-refractivity contribution in [2.75, 3.05) is 30.0 Å².